The minimum Gasteiger partial charge on any atom is -0.481 e. The summed E-state index contributed by atoms with van der Waals surface area (Å²) >= 11 is 2.27. The molecule has 83 heavy (non-hydrogen) atoms. The molecule has 0 bridgehead atoms. The Kier molecular flexibility index (Phi) is 24.4. The van der Waals surface area contributed by atoms with Gasteiger partial charge in [-0.3, -0.25) is 14.5 Å². The number of ether oxygens (including phenoxy) is 3. The summed E-state index contributed by atoms with van der Waals surface area (Å²) in [6.07, 6.45) is -6.06. The maximum atomic E-state index is 15.2. The zero-order valence-corrected chi connectivity index (χ0v) is 52.2. The molecule has 478 valence electrons. The largest absolute Gasteiger partial charge is 0.481 e. The SMILES string of the molecule is CC1O[C@@H](CCC(O)C(O)[C@@H](NC(=O)CCCCCCCCCCC(=O)O)C(CO)OOC(=O)[C@]2(CCC(C)(C)C)C(I)C3=CCC4C5(C)CC[C@H](O)C(C)(C=NO)C5CCC4(C)C3(C)C[C@@H]2O)C(O)C(O)[C@H]1O[C@@H]1OC[C@@H](O)C(O)C1O. The fourth-order valence-corrected chi connectivity index (χ4v) is 17.5. The van der Waals surface area contributed by atoms with Crippen molar-refractivity contribution in [1.82, 2.24) is 5.32 Å². The number of hydrogen-bond donors (Lipinski definition) is 13. The van der Waals surface area contributed by atoms with Crippen molar-refractivity contribution in [2.75, 3.05) is 13.2 Å². The van der Waals surface area contributed by atoms with Crippen LogP contribution in [0.5, 0.6) is 0 Å². The number of aliphatic hydroxyl groups is 10. The second-order valence-corrected chi connectivity index (χ2v) is 28.7. The van der Waals surface area contributed by atoms with E-state index in [4.69, 9.17) is 29.1 Å². The number of halogens is 1. The summed E-state index contributed by atoms with van der Waals surface area (Å²) in [5.41, 5.74) is -2.83. The summed E-state index contributed by atoms with van der Waals surface area (Å²) in [4.78, 5) is 51.5. The average Bonchev–Trinajstić information content (AvgIpc) is 0.923. The van der Waals surface area contributed by atoms with Crippen molar-refractivity contribution >= 4 is 46.7 Å². The molecule has 2 saturated heterocycles. The van der Waals surface area contributed by atoms with E-state index < -0.39 is 136 Å². The maximum absolute atomic E-state index is 15.2. The lowest BCUT2D eigenvalue weighted by Crippen LogP contribution is -2.67. The molecule has 0 radical (unpaired) electrons. The van der Waals surface area contributed by atoms with Crippen LogP contribution < -0.4 is 5.32 Å². The van der Waals surface area contributed by atoms with E-state index in [1.54, 1.807) is 0 Å². The van der Waals surface area contributed by atoms with Gasteiger partial charge in [0.25, 0.3) is 0 Å². The number of fused-ring (bicyclic) bond motifs is 5. The molecule has 23 atom stereocenters. The van der Waals surface area contributed by atoms with Crippen molar-refractivity contribution in [3.8, 4) is 0 Å². The Morgan fingerprint density at radius 1 is 0.867 bits per heavy atom. The van der Waals surface area contributed by atoms with Crippen LogP contribution in [0, 0.1) is 44.3 Å². The summed E-state index contributed by atoms with van der Waals surface area (Å²) in [6, 6.07) is -1.60. The third kappa shape index (κ3) is 14.9. The van der Waals surface area contributed by atoms with E-state index in [9.17, 15) is 65.9 Å². The molecule has 0 aromatic carbocycles. The zero-order valence-electron chi connectivity index (χ0n) is 50.1. The number of unbranched alkanes of at least 4 members (excludes halogenated alkanes) is 7. The van der Waals surface area contributed by atoms with Crippen LogP contribution >= 0.6 is 22.6 Å². The van der Waals surface area contributed by atoms with Crippen LogP contribution in [0.3, 0.4) is 0 Å². The Balaban J connectivity index is 1.20. The molecular formula is C60H101IN2O20. The summed E-state index contributed by atoms with van der Waals surface area (Å²) in [6.45, 7) is 15.1. The van der Waals surface area contributed by atoms with E-state index in [0.717, 1.165) is 56.9 Å². The maximum Gasteiger partial charge on any atom is 0.352 e. The van der Waals surface area contributed by atoms with E-state index in [1.165, 1.54) is 13.1 Å². The molecular weight excluding hydrogens is 1200 g/mol. The number of allylic oxidation sites excluding steroid dienone is 2. The average molecular weight is 1300 g/mol. The van der Waals surface area contributed by atoms with Gasteiger partial charge < -0.3 is 80.9 Å². The first kappa shape index (κ1) is 69.9. The molecule has 23 heteroatoms. The molecule has 6 rings (SSSR count). The molecule has 0 aromatic rings. The first-order valence-corrected chi connectivity index (χ1v) is 31.7. The van der Waals surface area contributed by atoms with Gasteiger partial charge in [0.1, 0.15) is 48.1 Å². The van der Waals surface area contributed by atoms with Gasteiger partial charge in [0, 0.05) is 18.3 Å². The Morgan fingerprint density at radius 3 is 2.12 bits per heavy atom. The summed E-state index contributed by atoms with van der Waals surface area (Å²) in [5.74, 6) is -2.14. The van der Waals surface area contributed by atoms with Crippen LogP contribution in [-0.2, 0) is 38.4 Å². The number of amides is 1. The van der Waals surface area contributed by atoms with Crippen molar-refractivity contribution in [1.29, 1.82) is 0 Å². The Labute approximate surface area is 503 Å². The fraction of sp³-hybridized carbons (Fsp3) is 0.900. The highest BCUT2D eigenvalue weighted by molar-refractivity contribution is 14.1. The van der Waals surface area contributed by atoms with E-state index >= 15 is 4.79 Å². The molecule has 22 nitrogen and oxygen atoms in total. The van der Waals surface area contributed by atoms with Gasteiger partial charge in [-0.2, -0.15) is 4.89 Å². The highest BCUT2D eigenvalue weighted by atomic mass is 127. The minimum atomic E-state index is -1.89. The first-order chi connectivity index (χ1) is 38.9. The van der Waals surface area contributed by atoms with Gasteiger partial charge in [0.2, 0.25) is 5.91 Å². The van der Waals surface area contributed by atoms with E-state index in [-0.39, 0.29) is 73.2 Å². The zero-order chi connectivity index (χ0) is 61.6. The molecule has 15 unspecified atom stereocenters. The van der Waals surface area contributed by atoms with Gasteiger partial charge in [-0.1, -0.05) is 121 Å². The van der Waals surface area contributed by atoms with Crippen LogP contribution in [-0.4, -0.2) is 194 Å². The van der Waals surface area contributed by atoms with Crippen LogP contribution in [0.15, 0.2) is 16.8 Å². The number of rotatable bonds is 27. The summed E-state index contributed by atoms with van der Waals surface area (Å²) in [5, 5.41) is 137. The molecule has 13 N–H and O–H groups in total. The van der Waals surface area contributed by atoms with Crippen molar-refractivity contribution in [3.63, 3.8) is 0 Å². The lowest BCUT2D eigenvalue weighted by atomic mass is 9.35. The van der Waals surface area contributed by atoms with Crippen LogP contribution in [0.2, 0.25) is 0 Å². The molecule has 5 fully saturated rings. The van der Waals surface area contributed by atoms with Gasteiger partial charge in [-0.05, 0) is 117 Å². The molecule has 4 aliphatic carbocycles. The van der Waals surface area contributed by atoms with E-state index in [1.807, 2.05) is 27.7 Å². The quantitative estimate of drug-likeness (QED) is 0.00786. The van der Waals surface area contributed by atoms with Crippen molar-refractivity contribution in [3.05, 3.63) is 11.6 Å². The van der Waals surface area contributed by atoms with Crippen molar-refractivity contribution < 1.29 is 99.7 Å². The van der Waals surface area contributed by atoms with Gasteiger partial charge in [0.15, 0.2) is 12.4 Å². The Hall–Kier alpha value is -2.21. The molecule has 2 heterocycles. The number of alkyl halides is 1. The Morgan fingerprint density at radius 2 is 1.51 bits per heavy atom. The molecule has 6 aliphatic rings. The van der Waals surface area contributed by atoms with Gasteiger partial charge in [-0.15, -0.1) is 5.16 Å². The molecule has 3 saturated carbocycles. The highest BCUT2D eigenvalue weighted by Crippen LogP contribution is 2.74. The van der Waals surface area contributed by atoms with Gasteiger partial charge >= 0.3 is 11.9 Å². The Bertz CT molecular complexity index is 2210. The summed E-state index contributed by atoms with van der Waals surface area (Å²) in [7, 11) is 0. The van der Waals surface area contributed by atoms with E-state index in [0.29, 0.717) is 38.5 Å². The smallest absolute Gasteiger partial charge is 0.352 e. The number of aliphatic carboxylic acids is 1. The highest BCUT2D eigenvalue weighted by Gasteiger charge is 2.71. The third-order valence-electron chi connectivity index (χ3n) is 21.0. The summed E-state index contributed by atoms with van der Waals surface area (Å²) < 4.78 is 16.4. The number of aliphatic hydroxyl groups excluding tert-OH is 10. The number of carbonyl (C=O) groups is 3. The van der Waals surface area contributed by atoms with E-state index in [2.05, 4.69) is 59.9 Å². The standard InChI is InChI=1S/C60H101IN2O20/c1-33-51(81-53-50(76)47(73)36(66)31-79-53)49(75)48(74)37(80-33)21-20-35(65)46(72)45(63-43(69)17-15-13-11-9-10-12-14-16-18-44(70)71)38(30-64)82-83-54(77)60(28-27-55(2,3)4)42(68)29-59(8)34(52(60)61)19-22-40-56(5)25-24-41(67)57(6,32-62-78)39(56)23-26-58(40,59)7/h19,32-33,35-42,45-53,64-68,72-76,78H,9-18,20-31H2,1-8H3,(H,63,69)(H,70,71)/t33?,35?,36-,37+,38?,39?,40?,41+,42+,45+,46?,47?,48?,49?,50?,51+,52?,53+,56?,57?,58?,59?,60+/m1/s1. The topological polar surface area (TPSA) is 365 Å². The normalized spacial score (nSPS) is 40.7. The van der Waals surface area contributed by atoms with Crippen LogP contribution in [0.4, 0.5) is 0 Å². The molecule has 0 aromatic heterocycles. The number of carbonyl (C=O) groups excluding carboxylic acids is 2. The van der Waals surface area contributed by atoms with Crippen molar-refractivity contribution in [2.45, 2.75) is 279 Å². The lowest BCUT2D eigenvalue weighted by molar-refractivity contribution is -0.322. The number of carboxylic acids is 1. The number of nitrogens with zero attached hydrogens (tertiary/aromatic N) is 1. The fourth-order valence-electron chi connectivity index (χ4n) is 15.6. The predicted molar refractivity (Wildman–Crippen MR) is 310 cm³/mol. The van der Waals surface area contributed by atoms with Crippen molar-refractivity contribution in [2.24, 2.45) is 49.5 Å². The second-order valence-electron chi connectivity index (χ2n) is 27.5. The van der Waals surface area contributed by atoms with Crippen LogP contribution in [0.25, 0.3) is 0 Å². The first-order valence-electron chi connectivity index (χ1n) is 30.5. The monoisotopic (exact) mass is 1300 g/mol. The number of nitrogens with one attached hydrogen (secondary N) is 1. The molecule has 2 aliphatic heterocycles. The minimum absolute atomic E-state index is 0.0102. The lowest BCUT2D eigenvalue weighted by Gasteiger charge is -2.70. The van der Waals surface area contributed by atoms with Gasteiger partial charge in [0.05, 0.1) is 59.9 Å². The molecule has 0 spiro atoms. The third-order valence-corrected chi connectivity index (χ3v) is 22.8. The van der Waals surface area contributed by atoms with Crippen LogP contribution in [0.1, 0.15) is 184 Å². The molecule has 1 amide bonds. The number of oxime groups is 1. The number of carboxylic acid groups (broad SMARTS) is 1. The predicted octanol–water partition coefficient (Wildman–Crippen LogP) is 4.50. The number of hydrogen-bond acceptors (Lipinski definition) is 20. The second kappa shape index (κ2) is 29.0. The van der Waals surface area contributed by atoms with Gasteiger partial charge in [-0.25, -0.2) is 4.79 Å².